The maximum atomic E-state index is 12.0. The van der Waals surface area contributed by atoms with E-state index in [9.17, 15) is 14.4 Å². The summed E-state index contributed by atoms with van der Waals surface area (Å²) in [5.74, 6) is -0.720. The highest BCUT2D eigenvalue weighted by Crippen LogP contribution is 2.28. The standard InChI is InChI=1S/C21H36O6/c1-4-7-10-19(22)25-16-13-17(26-20(23)11-8-5-2)15-18(14-16)27-21(24)12-9-6-3/h16-18H,4-15H2,1-3H3. The first kappa shape index (κ1) is 23.4. The van der Waals surface area contributed by atoms with Crippen molar-refractivity contribution in [3.63, 3.8) is 0 Å². The van der Waals surface area contributed by atoms with Crippen molar-refractivity contribution in [1.29, 1.82) is 0 Å². The highest BCUT2D eigenvalue weighted by molar-refractivity contribution is 5.70. The molecular weight excluding hydrogens is 348 g/mol. The number of ether oxygens (including phenoxy) is 3. The molecule has 1 fully saturated rings. The topological polar surface area (TPSA) is 78.9 Å². The minimum Gasteiger partial charge on any atom is -0.462 e. The van der Waals surface area contributed by atoms with Crippen LogP contribution in [0.25, 0.3) is 0 Å². The zero-order valence-corrected chi connectivity index (χ0v) is 17.2. The van der Waals surface area contributed by atoms with Crippen molar-refractivity contribution in [1.82, 2.24) is 0 Å². The maximum absolute atomic E-state index is 12.0. The molecule has 1 rings (SSSR count). The first-order valence-electron chi connectivity index (χ1n) is 10.6. The van der Waals surface area contributed by atoms with Crippen LogP contribution in [-0.2, 0) is 28.6 Å². The molecule has 1 aliphatic rings. The van der Waals surface area contributed by atoms with Crippen LogP contribution in [0.5, 0.6) is 0 Å². The van der Waals surface area contributed by atoms with E-state index in [1.165, 1.54) is 0 Å². The van der Waals surface area contributed by atoms with Crippen molar-refractivity contribution in [2.75, 3.05) is 0 Å². The predicted octanol–water partition coefficient (Wildman–Crippen LogP) is 4.48. The summed E-state index contributed by atoms with van der Waals surface area (Å²) in [6, 6.07) is 0. The largest absolute Gasteiger partial charge is 0.462 e. The number of hydrogen-bond acceptors (Lipinski definition) is 6. The molecule has 27 heavy (non-hydrogen) atoms. The van der Waals surface area contributed by atoms with Gasteiger partial charge in [-0.15, -0.1) is 0 Å². The van der Waals surface area contributed by atoms with E-state index in [-0.39, 0.29) is 36.2 Å². The zero-order valence-electron chi connectivity index (χ0n) is 17.2. The van der Waals surface area contributed by atoms with Crippen LogP contribution >= 0.6 is 0 Å². The second kappa shape index (κ2) is 13.6. The molecule has 0 N–H and O–H groups in total. The minimum absolute atomic E-state index is 0.240. The van der Waals surface area contributed by atoms with Crippen molar-refractivity contribution in [3.05, 3.63) is 0 Å². The number of carbonyl (C=O) groups excluding carboxylic acids is 3. The van der Waals surface area contributed by atoms with E-state index >= 15 is 0 Å². The smallest absolute Gasteiger partial charge is 0.306 e. The third-order valence-corrected chi connectivity index (χ3v) is 4.68. The first-order chi connectivity index (χ1) is 13.0. The van der Waals surface area contributed by atoms with Crippen molar-refractivity contribution in [2.24, 2.45) is 0 Å². The van der Waals surface area contributed by atoms with Gasteiger partial charge in [0.1, 0.15) is 18.3 Å². The molecule has 0 saturated heterocycles. The fourth-order valence-electron chi connectivity index (χ4n) is 3.15. The first-order valence-corrected chi connectivity index (χ1v) is 10.6. The van der Waals surface area contributed by atoms with Gasteiger partial charge in [-0.3, -0.25) is 14.4 Å². The van der Waals surface area contributed by atoms with E-state index in [2.05, 4.69) is 0 Å². The van der Waals surface area contributed by atoms with Crippen LogP contribution in [0.3, 0.4) is 0 Å². The monoisotopic (exact) mass is 384 g/mol. The normalized spacial score (nSPS) is 22.1. The molecule has 0 aliphatic heterocycles. The SMILES string of the molecule is CCCCC(=O)OC1CC(OC(=O)CCCC)CC(OC(=O)CCCC)C1. The predicted molar refractivity (Wildman–Crippen MR) is 102 cm³/mol. The lowest BCUT2D eigenvalue weighted by molar-refractivity contribution is -0.169. The number of unbranched alkanes of at least 4 members (excludes halogenated alkanes) is 3. The van der Waals surface area contributed by atoms with Gasteiger partial charge < -0.3 is 14.2 Å². The van der Waals surface area contributed by atoms with Crippen LogP contribution in [-0.4, -0.2) is 36.2 Å². The van der Waals surface area contributed by atoms with Gasteiger partial charge in [0.2, 0.25) is 0 Å². The van der Waals surface area contributed by atoms with Crippen LogP contribution in [0.1, 0.15) is 97.8 Å². The van der Waals surface area contributed by atoms with E-state index < -0.39 is 0 Å². The van der Waals surface area contributed by atoms with E-state index in [0.29, 0.717) is 38.5 Å². The fraction of sp³-hybridized carbons (Fsp3) is 0.857. The molecule has 0 spiro atoms. The van der Waals surface area contributed by atoms with Gasteiger partial charge in [-0.05, 0) is 19.3 Å². The highest BCUT2D eigenvalue weighted by atomic mass is 16.6. The molecule has 0 amide bonds. The quantitative estimate of drug-likeness (QED) is 0.365. The minimum atomic E-state index is -0.379. The second-order valence-electron chi connectivity index (χ2n) is 7.35. The van der Waals surface area contributed by atoms with Gasteiger partial charge in [-0.2, -0.15) is 0 Å². The number of hydrogen-bond donors (Lipinski definition) is 0. The van der Waals surface area contributed by atoms with Crippen LogP contribution in [0.15, 0.2) is 0 Å². The van der Waals surface area contributed by atoms with Crippen LogP contribution in [0.4, 0.5) is 0 Å². The lowest BCUT2D eigenvalue weighted by Gasteiger charge is -2.34. The second-order valence-corrected chi connectivity index (χ2v) is 7.35. The molecule has 0 bridgehead atoms. The molecule has 0 aromatic carbocycles. The molecule has 0 radical (unpaired) electrons. The van der Waals surface area contributed by atoms with Gasteiger partial charge in [0, 0.05) is 38.5 Å². The molecule has 6 nitrogen and oxygen atoms in total. The van der Waals surface area contributed by atoms with Gasteiger partial charge >= 0.3 is 17.9 Å². The molecule has 6 heteroatoms. The molecule has 0 aromatic rings. The van der Waals surface area contributed by atoms with E-state index in [4.69, 9.17) is 14.2 Å². The zero-order chi connectivity index (χ0) is 20.1. The molecule has 0 atom stereocenters. The Morgan fingerprint density at radius 3 is 1.07 bits per heavy atom. The van der Waals surface area contributed by atoms with Gasteiger partial charge in [0.25, 0.3) is 0 Å². The Labute approximate surface area is 163 Å². The summed E-state index contributed by atoms with van der Waals surface area (Å²) < 4.78 is 16.7. The Morgan fingerprint density at radius 2 is 0.852 bits per heavy atom. The highest BCUT2D eigenvalue weighted by Gasteiger charge is 2.35. The summed E-state index contributed by atoms with van der Waals surface area (Å²) in [7, 11) is 0. The molecule has 156 valence electrons. The van der Waals surface area contributed by atoms with Crippen LogP contribution in [0, 0.1) is 0 Å². The van der Waals surface area contributed by atoms with Gasteiger partial charge in [0.05, 0.1) is 0 Å². The van der Waals surface area contributed by atoms with Crippen LogP contribution in [0.2, 0.25) is 0 Å². The lowest BCUT2D eigenvalue weighted by atomic mass is 9.92. The summed E-state index contributed by atoms with van der Waals surface area (Å²) in [4.78, 5) is 35.9. The van der Waals surface area contributed by atoms with E-state index in [1.807, 2.05) is 20.8 Å². The number of rotatable bonds is 12. The van der Waals surface area contributed by atoms with Crippen molar-refractivity contribution in [3.8, 4) is 0 Å². The Hall–Kier alpha value is -1.59. The summed E-state index contributed by atoms with van der Waals surface area (Å²) in [5, 5.41) is 0. The van der Waals surface area contributed by atoms with Gasteiger partial charge in [-0.1, -0.05) is 40.0 Å². The Kier molecular flexibility index (Phi) is 11.8. The summed E-state index contributed by atoms with van der Waals surface area (Å²) in [5.41, 5.74) is 0. The van der Waals surface area contributed by atoms with E-state index in [0.717, 1.165) is 38.5 Å². The molecule has 1 saturated carbocycles. The van der Waals surface area contributed by atoms with Crippen molar-refractivity contribution < 1.29 is 28.6 Å². The Bertz CT molecular complexity index is 389. The van der Waals surface area contributed by atoms with E-state index in [1.54, 1.807) is 0 Å². The lowest BCUT2D eigenvalue weighted by Crippen LogP contribution is -2.40. The van der Waals surface area contributed by atoms with Crippen molar-refractivity contribution >= 4 is 17.9 Å². The third-order valence-electron chi connectivity index (χ3n) is 4.68. The van der Waals surface area contributed by atoms with Gasteiger partial charge in [0.15, 0.2) is 0 Å². The maximum Gasteiger partial charge on any atom is 0.306 e. The molecular formula is C21H36O6. The molecule has 0 aromatic heterocycles. The summed E-state index contributed by atoms with van der Waals surface area (Å²) in [6.07, 6.45) is 6.57. The number of carbonyl (C=O) groups is 3. The molecule has 1 aliphatic carbocycles. The average Bonchev–Trinajstić information content (AvgIpc) is 2.62. The summed E-state index contributed by atoms with van der Waals surface area (Å²) in [6.45, 7) is 6.06. The third kappa shape index (κ3) is 10.4. The molecule has 0 unspecified atom stereocenters. The average molecular weight is 385 g/mol. The van der Waals surface area contributed by atoms with Gasteiger partial charge in [-0.25, -0.2) is 0 Å². The van der Waals surface area contributed by atoms with Crippen LogP contribution < -0.4 is 0 Å². The Balaban J connectivity index is 2.62. The fourth-order valence-corrected chi connectivity index (χ4v) is 3.15. The Morgan fingerprint density at radius 1 is 0.593 bits per heavy atom. The number of esters is 3. The summed E-state index contributed by atoms with van der Waals surface area (Å²) >= 11 is 0. The molecule has 0 heterocycles. The van der Waals surface area contributed by atoms with Crippen molar-refractivity contribution in [2.45, 2.75) is 116 Å².